The monoisotopic (exact) mass is 242 g/mol. The van der Waals surface area contributed by atoms with E-state index in [1.165, 1.54) is 6.07 Å². The van der Waals surface area contributed by atoms with Crippen molar-refractivity contribution in [3.05, 3.63) is 29.6 Å². The molecule has 88 valence electrons. The van der Waals surface area contributed by atoms with Crippen molar-refractivity contribution < 1.29 is 14.4 Å². The fourth-order valence-electron chi connectivity index (χ4n) is 1.25. The molecule has 0 aliphatic heterocycles. The summed E-state index contributed by atoms with van der Waals surface area (Å²) in [6, 6.07) is 4.33. The average Bonchev–Trinajstić information content (AvgIpc) is 2.19. The highest BCUT2D eigenvalue weighted by atomic mass is 32.2. The Balaban J connectivity index is 2.61. The summed E-state index contributed by atoms with van der Waals surface area (Å²) >= 11 is 1.68. The fourth-order valence-corrected chi connectivity index (χ4v) is 2.29. The van der Waals surface area contributed by atoms with Gasteiger partial charge in [-0.2, -0.15) is 11.8 Å². The molecule has 1 aromatic carbocycles. The molecule has 0 fully saturated rings. The maximum Gasteiger partial charge on any atom is 0.488 e. The van der Waals surface area contributed by atoms with Crippen molar-refractivity contribution in [2.24, 2.45) is 5.92 Å². The van der Waals surface area contributed by atoms with E-state index < -0.39 is 7.12 Å². The maximum atomic E-state index is 13.5. The van der Waals surface area contributed by atoms with Crippen molar-refractivity contribution in [1.82, 2.24) is 0 Å². The molecule has 0 saturated heterocycles. The SMILES string of the molecule is CC(C)CSCc1ccc(B(O)O)cc1F. The maximum absolute atomic E-state index is 13.5. The van der Waals surface area contributed by atoms with Gasteiger partial charge in [-0.05, 0) is 28.8 Å². The second-order valence-corrected chi connectivity index (χ2v) is 5.16. The van der Waals surface area contributed by atoms with Gasteiger partial charge in [-0.15, -0.1) is 0 Å². The zero-order valence-corrected chi connectivity index (χ0v) is 10.3. The van der Waals surface area contributed by atoms with Crippen LogP contribution in [0.5, 0.6) is 0 Å². The van der Waals surface area contributed by atoms with Crippen molar-refractivity contribution in [2.75, 3.05) is 5.75 Å². The van der Waals surface area contributed by atoms with E-state index in [0.717, 1.165) is 5.75 Å². The van der Waals surface area contributed by atoms with E-state index in [4.69, 9.17) is 10.0 Å². The smallest absolute Gasteiger partial charge is 0.423 e. The summed E-state index contributed by atoms with van der Waals surface area (Å²) in [6.07, 6.45) is 0. The number of thioether (sulfide) groups is 1. The van der Waals surface area contributed by atoms with Crippen LogP contribution in [0.1, 0.15) is 19.4 Å². The molecule has 0 radical (unpaired) electrons. The Bertz CT molecular complexity index is 345. The van der Waals surface area contributed by atoms with Crippen LogP contribution in [0.2, 0.25) is 0 Å². The molecule has 0 saturated carbocycles. The summed E-state index contributed by atoms with van der Waals surface area (Å²) in [7, 11) is -1.60. The van der Waals surface area contributed by atoms with Crippen LogP contribution in [-0.4, -0.2) is 22.9 Å². The lowest BCUT2D eigenvalue weighted by Gasteiger charge is -2.07. The number of rotatable bonds is 5. The molecule has 1 rings (SSSR count). The second-order valence-electron chi connectivity index (χ2n) is 4.13. The minimum Gasteiger partial charge on any atom is -0.423 e. The summed E-state index contributed by atoms with van der Waals surface area (Å²) in [6.45, 7) is 4.24. The van der Waals surface area contributed by atoms with Crippen molar-refractivity contribution >= 4 is 24.3 Å². The van der Waals surface area contributed by atoms with Crippen molar-refractivity contribution in [3.63, 3.8) is 0 Å². The molecule has 5 heteroatoms. The van der Waals surface area contributed by atoms with Gasteiger partial charge in [-0.3, -0.25) is 0 Å². The van der Waals surface area contributed by atoms with E-state index >= 15 is 0 Å². The van der Waals surface area contributed by atoms with E-state index in [9.17, 15) is 4.39 Å². The van der Waals surface area contributed by atoms with Gasteiger partial charge in [0, 0.05) is 5.75 Å². The summed E-state index contributed by atoms with van der Waals surface area (Å²) in [5.74, 6) is 1.82. The zero-order valence-electron chi connectivity index (χ0n) is 9.48. The molecule has 2 N–H and O–H groups in total. The Labute approximate surface area is 100 Å². The summed E-state index contributed by atoms with van der Waals surface area (Å²) in [5.41, 5.74) is 0.796. The lowest BCUT2D eigenvalue weighted by molar-refractivity contribution is 0.425. The largest absolute Gasteiger partial charge is 0.488 e. The molecule has 0 unspecified atom stereocenters. The quantitative estimate of drug-likeness (QED) is 0.766. The first-order valence-electron chi connectivity index (χ1n) is 5.23. The standard InChI is InChI=1S/C11H16BFO2S/c1-8(2)6-16-7-9-3-4-10(12(14)15)5-11(9)13/h3-5,8,14-15H,6-7H2,1-2H3. The van der Waals surface area contributed by atoms with Crippen LogP contribution in [0.3, 0.4) is 0 Å². The lowest BCUT2D eigenvalue weighted by Crippen LogP contribution is -2.30. The molecular weight excluding hydrogens is 226 g/mol. The zero-order chi connectivity index (χ0) is 12.1. The number of benzene rings is 1. The van der Waals surface area contributed by atoms with Gasteiger partial charge in [0.1, 0.15) is 5.82 Å². The predicted octanol–water partition coefficient (Wildman–Crippen LogP) is 1.39. The Hall–Kier alpha value is -0.515. The molecular formula is C11H16BFO2S. The molecule has 0 aliphatic rings. The lowest BCUT2D eigenvalue weighted by atomic mass is 9.80. The van der Waals surface area contributed by atoms with Gasteiger partial charge in [0.05, 0.1) is 0 Å². The van der Waals surface area contributed by atoms with Crippen LogP contribution >= 0.6 is 11.8 Å². The minimum absolute atomic E-state index is 0.190. The highest BCUT2D eigenvalue weighted by Crippen LogP contribution is 2.17. The summed E-state index contributed by atoms with van der Waals surface area (Å²) in [4.78, 5) is 0. The number of halogens is 1. The Morgan fingerprint density at radius 2 is 2.06 bits per heavy atom. The van der Waals surface area contributed by atoms with Gasteiger partial charge in [0.15, 0.2) is 0 Å². The van der Waals surface area contributed by atoms with Crippen LogP contribution < -0.4 is 5.46 Å². The van der Waals surface area contributed by atoms with Crippen molar-refractivity contribution in [1.29, 1.82) is 0 Å². The van der Waals surface area contributed by atoms with Crippen LogP contribution in [0, 0.1) is 11.7 Å². The first-order chi connectivity index (χ1) is 7.50. The van der Waals surface area contributed by atoms with E-state index in [-0.39, 0.29) is 11.3 Å². The Morgan fingerprint density at radius 1 is 1.38 bits per heavy atom. The third kappa shape index (κ3) is 4.16. The van der Waals surface area contributed by atoms with E-state index in [2.05, 4.69) is 13.8 Å². The first kappa shape index (κ1) is 13.5. The van der Waals surface area contributed by atoms with Gasteiger partial charge < -0.3 is 10.0 Å². The second kappa shape index (κ2) is 6.28. The van der Waals surface area contributed by atoms with Crippen LogP contribution in [0.15, 0.2) is 18.2 Å². The highest BCUT2D eigenvalue weighted by Gasteiger charge is 2.13. The first-order valence-corrected chi connectivity index (χ1v) is 6.38. The molecule has 2 nitrogen and oxygen atoms in total. The number of hydrogen-bond acceptors (Lipinski definition) is 3. The number of hydrogen-bond donors (Lipinski definition) is 2. The van der Waals surface area contributed by atoms with Crippen molar-refractivity contribution in [3.8, 4) is 0 Å². The molecule has 16 heavy (non-hydrogen) atoms. The predicted molar refractivity (Wildman–Crippen MR) is 67.2 cm³/mol. The van der Waals surface area contributed by atoms with E-state index in [0.29, 0.717) is 17.2 Å². The minimum atomic E-state index is -1.60. The van der Waals surface area contributed by atoms with Gasteiger partial charge in [0.2, 0.25) is 0 Å². The topological polar surface area (TPSA) is 40.5 Å². The third-order valence-corrected chi connectivity index (χ3v) is 3.50. The molecule has 0 heterocycles. The van der Waals surface area contributed by atoms with E-state index in [1.54, 1.807) is 23.9 Å². The van der Waals surface area contributed by atoms with Gasteiger partial charge in [-0.25, -0.2) is 4.39 Å². The molecule has 0 atom stereocenters. The molecule has 0 aliphatic carbocycles. The van der Waals surface area contributed by atoms with Crippen LogP contribution in [0.4, 0.5) is 4.39 Å². The summed E-state index contributed by atoms with van der Waals surface area (Å²) in [5, 5.41) is 17.7. The Morgan fingerprint density at radius 3 is 2.56 bits per heavy atom. The van der Waals surface area contributed by atoms with Gasteiger partial charge in [0.25, 0.3) is 0 Å². The molecule has 0 aromatic heterocycles. The highest BCUT2D eigenvalue weighted by molar-refractivity contribution is 7.98. The van der Waals surface area contributed by atoms with Gasteiger partial charge >= 0.3 is 7.12 Å². The third-order valence-electron chi connectivity index (χ3n) is 2.08. The van der Waals surface area contributed by atoms with Crippen LogP contribution in [0.25, 0.3) is 0 Å². The summed E-state index contributed by atoms with van der Waals surface area (Å²) < 4.78 is 13.5. The molecule has 0 amide bonds. The van der Waals surface area contributed by atoms with Gasteiger partial charge in [-0.1, -0.05) is 26.0 Å². The van der Waals surface area contributed by atoms with Crippen molar-refractivity contribution in [2.45, 2.75) is 19.6 Å². The molecule has 0 spiro atoms. The van der Waals surface area contributed by atoms with Crippen LogP contribution in [-0.2, 0) is 5.75 Å². The fraction of sp³-hybridized carbons (Fsp3) is 0.455. The molecule has 0 bridgehead atoms. The molecule has 1 aromatic rings. The Kier molecular flexibility index (Phi) is 5.32. The normalized spacial score (nSPS) is 10.9. The average molecular weight is 242 g/mol. The van der Waals surface area contributed by atoms with E-state index in [1.807, 2.05) is 0 Å².